The second-order valence-corrected chi connectivity index (χ2v) is 3.81. The van der Waals surface area contributed by atoms with E-state index in [9.17, 15) is 9.59 Å². The molecular weight excluding hydrogens is 210 g/mol. The van der Waals surface area contributed by atoms with Gasteiger partial charge in [0, 0.05) is 19.7 Å². The molecule has 1 aliphatic heterocycles. The SMILES string of the molecule is O=C1CNC(C(=O)NCCCCCO)CN1. The zero-order valence-electron chi connectivity index (χ0n) is 9.29. The summed E-state index contributed by atoms with van der Waals surface area (Å²) in [6.45, 7) is 1.36. The Morgan fingerprint density at radius 2 is 2.25 bits per heavy atom. The fourth-order valence-electron chi connectivity index (χ4n) is 1.50. The molecule has 6 heteroatoms. The third-order valence-corrected chi connectivity index (χ3v) is 2.46. The highest BCUT2D eigenvalue weighted by molar-refractivity contribution is 5.86. The molecule has 1 fully saturated rings. The van der Waals surface area contributed by atoms with Crippen molar-refractivity contribution in [1.29, 1.82) is 0 Å². The molecule has 0 bridgehead atoms. The topological polar surface area (TPSA) is 90.5 Å². The Morgan fingerprint density at radius 1 is 1.44 bits per heavy atom. The number of hydrogen-bond acceptors (Lipinski definition) is 4. The maximum atomic E-state index is 11.6. The molecule has 1 saturated heterocycles. The van der Waals surface area contributed by atoms with Crippen LogP contribution in [0, 0.1) is 0 Å². The highest BCUT2D eigenvalue weighted by atomic mass is 16.3. The summed E-state index contributed by atoms with van der Waals surface area (Å²) in [4.78, 5) is 22.4. The number of carbonyl (C=O) groups is 2. The van der Waals surface area contributed by atoms with E-state index in [0.717, 1.165) is 19.3 Å². The van der Waals surface area contributed by atoms with E-state index in [0.29, 0.717) is 13.1 Å². The van der Waals surface area contributed by atoms with Gasteiger partial charge in [0.15, 0.2) is 0 Å². The quantitative estimate of drug-likeness (QED) is 0.411. The summed E-state index contributed by atoms with van der Waals surface area (Å²) in [5.74, 6) is -0.156. The summed E-state index contributed by atoms with van der Waals surface area (Å²) in [6, 6.07) is -0.324. The van der Waals surface area contributed by atoms with Crippen LogP contribution in [-0.2, 0) is 9.59 Å². The molecule has 92 valence electrons. The zero-order valence-corrected chi connectivity index (χ0v) is 9.29. The van der Waals surface area contributed by atoms with Gasteiger partial charge in [-0.2, -0.15) is 0 Å². The zero-order chi connectivity index (χ0) is 11.8. The van der Waals surface area contributed by atoms with E-state index in [1.54, 1.807) is 0 Å². The number of unbranched alkanes of at least 4 members (excludes halogenated alkanes) is 2. The first-order valence-corrected chi connectivity index (χ1v) is 5.62. The van der Waals surface area contributed by atoms with Crippen LogP contribution in [0.1, 0.15) is 19.3 Å². The van der Waals surface area contributed by atoms with Crippen LogP contribution >= 0.6 is 0 Å². The first-order chi connectivity index (χ1) is 7.74. The van der Waals surface area contributed by atoms with Crippen molar-refractivity contribution in [1.82, 2.24) is 16.0 Å². The predicted octanol–water partition coefficient (Wildman–Crippen LogP) is -1.65. The monoisotopic (exact) mass is 229 g/mol. The molecule has 16 heavy (non-hydrogen) atoms. The van der Waals surface area contributed by atoms with Crippen molar-refractivity contribution in [3.05, 3.63) is 0 Å². The van der Waals surface area contributed by atoms with Crippen LogP contribution in [0.3, 0.4) is 0 Å². The van der Waals surface area contributed by atoms with Crippen molar-refractivity contribution in [3.63, 3.8) is 0 Å². The molecule has 0 aromatic rings. The van der Waals surface area contributed by atoms with Crippen LogP contribution in [0.25, 0.3) is 0 Å². The van der Waals surface area contributed by atoms with Crippen molar-refractivity contribution in [2.45, 2.75) is 25.3 Å². The molecule has 4 N–H and O–H groups in total. The molecule has 2 amide bonds. The predicted molar refractivity (Wildman–Crippen MR) is 58.7 cm³/mol. The number of aliphatic hydroxyl groups is 1. The summed E-state index contributed by atoms with van der Waals surface area (Å²) in [6.07, 6.45) is 2.55. The average molecular weight is 229 g/mol. The van der Waals surface area contributed by atoms with Gasteiger partial charge in [0.05, 0.1) is 6.54 Å². The molecule has 1 aliphatic rings. The number of piperazine rings is 1. The fourth-order valence-corrected chi connectivity index (χ4v) is 1.50. The average Bonchev–Trinajstić information content (AvgIpc) is 2.29. The first-order valence-electron chi connectivity index (χ1n) is 5.62. The number of rotatable bonds is 6. The van der Waals surface area contributed by atoms with Crippen molar-refractivity contribution < 1.29 is 14.7 Å². The maximum Gasteiger partial charge on any atom is 0.238 e. The summed E-state index contributed by atoms with van der Waals surface area (Å²) in [5.41, 5.74) is 0. The normalized spacial score (nSPS) is 20.3. The van der Waals surface area contributed by atoms with E-state index >= 15 is 0 Å². The fraction of sp³-hybridized carbons (Fsp3) is 0.800. The Balaban J connectivity index is 2.08. The van der Waals surface area contributed by atoms with Gasteiger partial charge < -0.3 is 15.7 Å². The second-order valence-electron chi connectivity index (χ2n) is 3.81. The van der Waals surface area contributed by atoms with Crippen LogP contribution in [-0.4, -0.2) is 49.2 Å². The van der Waals surface area contributed by atoms with Crippen molar-refractivity contribution in [2.24, 2.45) is 0 Å². The lowest BCUT2D eigenvalue weighted by atomic mass is 10.2. The lowest BCUT2D eigenvalue weighted by Gasteiger charge is -2.23. The molecule has 1 rings (SSSR count). The van der Waals surface area contributed by atoms with Crippen molar-refractivity contribution in [3.8, 4) is 0 Å². The lowest BCUT2D eigenvalue weighted by Crippen LogP contribution is -2.58. The third-order valence-electron chi connectivity index (χ3n) is 2.46. The largest absolute Gasteiger partial charge is 0.396 e. The van der Waals surface area contributed by atoms with E-state index in [1.165, 1.54) is 0 Å². The molecule has 0 aromatic carbocycles. The summed E-state index contributed by atoms with van der Waals surface area (Å²) in [7, 11) is 0. The van der Waals surface area contributed by atoms with E-state index in [4.69, 9.17) is 5.11 Å². The summed E-state index contributed by atoms with van der Waals surface area (Å²) >= 11 is 0. The van der Waals surface area contributed by atoms with Crippen LogP contribution in [0.15, 0.2) is 0 Å². The summed E-state index contributed by atoms with van der Waals surface area (Å²) in [5, 5.41) is 16.8. The van der Waals surface area contributed by atoms with Gasteiger partial charge in [0.2, 0.25) is 11.8 Å². The Labute approximate surface area is 94.8 Å². The minimum atomic E-state index is -0.324. The second kappa shape index (κ2) is 7.19. The number of nitrogens with one attached hydrogen (secondary N) is 3. The highest BCUT2D eigenvalue weighted by Crippen LogP contribution is 1.93. The van der Waals surface area contributed by atoms with Crippen molar-refractivity contribution >= 4 is 11.8 Å². The first kappa shape index (κ1) is 12.9. The Hall–Kier alpha value is -1.14. The molecular formula is C10H19N3O3. The molecule has 0 aromatic heterocycles. The van der Waals surface area contributed by atoms with Gasteiger partial charge in [0.1, 0.15) is 6.04 Å². The van der Waals surface area contributed by atoms with E-state index < -0.39 is 0 Å². The van der Waals surface area contributed by atoms with E-state index in [1.807, 2.05) is 0 Å². The molecule has 0 aliphatic carbocycles. The number of amides is 2. The van der Waals surface area contributed by atoms with Crippen LogP contribution in [0.4, 0.5) is 0 Å². The Kier molecular flexibility index (Phi) is 5.81. The number of hydrogen-bond donors (Lipinski definition) is 4. The lowest BCUT2D eigenvalue weighted by molar-refractivity contribution is -0.126. The third kappa shape index (κ3) is 4.59. The molecule has 1 unspecified atom stereocenters. The number of carbonyl (C=O) groups excluding carboxylic acids is 2. The van der Waals surface area contributed by atoms with Gasteiger partial charge in [0.25, 0.3) is 0 Å². The molecule has 1 heterocycles. The minimum Gasteiger partial charge on any atom is -0.396 e. The van der Waals surface area contributed by atoms with Gasteiger partial charge in [-0.25, -0.2) is 0 Å². The van der Waals surface area contributed by atoms with E-state index in [-0.39, 0.29) is 31.0 Å². The van der Waals surface area contributed by atoms with Gasteiger partial charge in [-0.05, 0) is 19.3 Å². The van der Waals surface area contributed by atoms with Gasteiger partial charge >= 0.3 is 0 Å². The van der Waals surface area contributed by atoms with Gasteiger partial charge in [-0.3, -0.25) is 14.9 Å². The highest BCUT2D eigenvalue weighted by Gasteiger charge is 2.22. The molecule has 1 atom stereocenters. The van der Waals surface area contributed by atoms with Gasteiger partial charge in [-0.15, -0.1) is 0 Å². The maximum absolute atomic E-state index is 11.6. The Bertz CT molecular complexity index is 235. The minimum absolute atomic E-state index is 0.0769. The molecule has 6 nitrogen and oxygen atoms in total. The molecule has 0 radical (unpaired) electrons. The Morgan fingerprint density at radius 3 is 2.88 bits per heavy atom. The van der Waals surface area contributed by atoms with Crippen molar-refractivity contribution in [2.75, 3.05) is 26.2 Å². The number of aliphatic hydroxyl groups excluding tert-OH is 1. The summed E-state index contributed by atoms with van der Waals surface area (Å²) < 4.78 is 0. The standard InChI is InChI=1S/C10H19N3O3/c14-5-3-1-2-4-11-10(16)8-6-13-9(15)7-12-8/h8,12,14H,1-7H2,(H,11,16)(H,13,15). The van der Waals surface area contributed by atoms with Gasteiger partial charge in [-0.1, -0.05) is 0 Å². The molecule has 0 spiro atoms. The van der Waals surface area contributed by atoms with Crippen LogP contribution in [0.2, 0.25) is 0 Å². The van der Waals surface area contributed by atoms with Crippen LogP contribution < -0.4 is 16.0 Å². The van der Waals surface area contributed by atoms with E-state index in [2.05, 4.69) is 16.0 Å². The van der Waals surface area contributed by atoms with Crippen LogP contribution in [0.5, 0.6) is 0 Å². The molecule has 0 saturated carbocycles. The smallest absolute Gasteiger partial charge is 0.238 e.